The van der Waals surface area contributed by atoms with Crippen LogP contribution in [-0.4, -0.2) is 53.7 Å². The molecule has 0 spiro atoms. The lowest BCUT2D eigenvalue weighted by Crippen LogP contribution is -2.50. The molecule has 0 unspecified atom stereocenters. The number of nitrogens with two attached hydrogens (primary N) is 1. The van der Waals surface area contributed by atoms with Gasteiger partial charge in [-0.25, -0.2) is 0 Å². The standard InChI is InChI=1S/C20H27N3O3/c21-19(25)16-7-4-8-17(14-16)20(26)23-11-9-22(10-12-23)18(24)13-15-5-2-1-3-6-15/h4,7-8,14-15H,1-3,5-6,9-13H2,(H2,21,25). The summed E-state index contributed by atoms with van der Waals surface area (Å²) in [5, 5.41) is 0. The quantitative estimate of drug-likeness (QED) is 0.895. The molecule has 0 aromatic heterocycles. The van der Waals surface area contributed by atoms with Crippen molar-refractivity contribution in [1.82, 2.24) is 9.80 Å². The van der Waals surface area contributed by atoms with E-state index in [0.717, 1.165) is 0 Å². The normalized spacial score (nSPS) is 18.6. The molecular weight excluding hydrogens is 330 g/mol. The van der Waals surface area contributed by atoms with Gasteiger partial charge in [0.2, 0.25) is 11.8 Å². The van der Waals surface area contributed by atoms with Crippen LogP contribution in [0, 0.1) is 5.92 Å². The Kier molecular flexibility index (Phi) is 5.91. The largest absolute Gasteiger partial charge is 0.366 e. The molecule has 2 fully saturated rings. The Balaban J connectivity index is 1.52. The minimum Gasteiger partial charge on any atom is -0.366 e. The Morgan fingerprint density at radius 1 is 0.923 bits per heavy atom. The summed E-state index contributed by atoms with van der Waals surface area (Å²) in [4.78, 5) is 40.1. The number of benzene rings is 1. The maximum absolute atomic E-state index is 12.6. The average molecular weight is 357 g/mol. The summed E-state index contributed by atoms with van der Waals surface area (Å²) in [6, 6.07) is 6.49. The second-order valence-electron chi connectivity index (χ2n) is 7.33. The van der Waals surface area contributed by atoms with Crippen molar-refractivity contribution in [2.24, 2.45) is 11.7 Å². The summed E-state index contributed by atoms with van der Waals surface area (Å²) in [6.45, 7) is 2.20. The van der Waals surface area contributed by atoms with Crippen LogP contribution in [0.1, 0.15) is 59.2 Å². The van der Waals surface area contributed by atoms with Gasteiger partial charge >= 0.3 is 0 Å². The molecule has 0 radical (unpaired) electrons. The minimum atomic E-state index is -0.544. The van der Waals surface area contributed by atoms with Crippen LogP contribution in [0.25, 0.3) is 0 Å². The van der Waals surface area contributed by atoms with E-state index in [9.17, 15) is 14.4 Å². The molecule has 1 aromatic rings. The van der Waals surface area contributed by atoms with Crippen LogP contribution in [0.15, 0.2) is 24.3 Å². The monoisotopic (exact) mass is 357 g/mol. The zero-order chi connectivity index (χ0) is 18.5. The molecule has 3 rings (SSSR count). The number of hydrogen-bond acceptors (Lipinski definition) is 3. The van der Waals surface area contributed by atoms with Crippen LogP contribution < -0.4 is 5.73 Å². The van der Waals surface area contributed by atoms with Crippen molar-refractivity contribution < 1.29 is 14.4 Å². The van der Waals surface area contributed by atoms with Gasteiger partial charge in [0.1, 0.15) is 0 Å². The second kappa shape index (κ2) is 8.34. The van der Waals surface area contributed by atoms with Gasteiger partial charge in [-0.2, -0.15) is 0 Å². The molecule has 1 aliphatic heterocycles. The molecule has 26 heavy (non-hydrogen) atoms. The molecule has 1 aromatic carbocycles. The van der Waals surface area contributed by atoms with Crippen LogP contribution in [0.5, 0.6) is 0 Å². The number of amides is 3. The summed E-state index contributed by atoms with van der Waals surface area (Å²) in [6.07, 6.45) is 6.76. The third-order valence-corrected chi connectivity index (χ3v) is 5.50. The predicted molar refractivity (Wildman–Crippen MR) is 98.6 cm³/mol. The fourth-order valence-corrected chi connectivity index (χ4v) is 3.91. The molecule has 0 atom stereocenters. The first-order valence-electron chi connectivity index (χ1n) is 9.51. The number of nitrogens with zero attached hydrogens (tertiary/aromatic N) is 2. The van der Waals surface area contributed by atoms with Gasteiger partial charge in [0.05, 0.1) is 0 Å². The summed E-state index contributed by atoms with van der Waals surface area (Å²) < 4.78 is 0. The zero-order valence-corrected chi connectivity index (χ0v) is 15.2. The van der Waals surface area contributed by atoms with Crippen molar-refractivity contribution in [2.75, 3.05) is 26.2 Å². The van der Waals surface area contributed by atoms with Crippen LogP contribution in [0.4, 0.5) is 0 Å². The van der Waals surface area contributed by atoms with Gasteiger partial charge in [-0.15, -0.1) is 0 Å². The molecule has 1 saturated heterocycles. The van der Waals surface area contributed by atoms with Gasteiger partial charge in [0, 0.05) is 43.7 Å². The van der Waals surface area contributed by atoms with Crippen molar-refractivity contribution in [3.63, 3.8) is 0 Å². The lowest BCUT2D eigenvalue weighted by atomic mass is 9.86. The Labute approximate surface area is 154 Å². The highest BCUT2D eigenvalue weighted by Gasteiger charge is 2.27. The Morgan fingerprint density at radius 2 is 1.54 bits per heavy atom. The van der Waals surface area contributed by atoms with E-state index >= 15 is 0 Å². The van der Waals surface area contributed by atoms with Crippen LogP contribution in [-0.2, 0) is 4.79 Å². The summed E-state index contributed by atoms with van der Waals surface area (Å²) in [5.41, 5.74) is 6.07. The van der Waals surface area contributed by atoms with E-state index < -0.39 is 5.91 Å². The van der Waals surface area contributed by atoms with Crippen LogP contribution in [0.3, 0.4) is 0 Å². The van der Waals surface area contributed by atoms with E-state index in [1.54, 1.807) is 23.1 Å². The summed E-state index contributed by atoms with van der Waals surface area (Å²) in [5.74, 6) is 0.0948. The number of carbonyl (C=O) groups is 3. The fourth-order valence-electron chi connectivity index (χ4n) is 3.91. The van der Waals surface area contributed by atoms with Crippen LogP contribution >= 0.6 is 0 Å². The highest BCUT2D eigenvalue weighted by atomic mass is 16.2. The number of hydrogen-bond donors (Lipinski definition) is 1. The first-order chi connectivity index (χ1) is 12.5. The fraction of sp³-hybridized carbons (Fsp3) is 0.550. The maximum atomic E-state index is 12.6. The highest BCUT2D eigenvalue weighted by molar-refractivity contribution is 5.99. The number of carbonyl (C=O) groups excluding carboxylic acids is 3. The molecule has 6 heteroatoms. The number of piperazine rings is 1. The molecule has 1 heterocycles. The lowest BCUT2D eigenvalue weighted by Gasteiger charge is -2.35. The predicted octanol–water partition coefficient (Wildman–Crippen LogP) is 2.04. The van der Waals surface area contributed by atoms with E-state index in [4.69, 9.17) is 5.73 Å². The van der Waals surface area contributed by atoms with Crippen molar-refractivity contribution >= 4 is 17.7 Å². The van der Waals surface area contributed by atoms with Crippen molar-refractivity contribution in [1.29, 1.82) is 0 Å². The molecule has 1 aliphatic carbocycles. The molecular formula is C20H27N3O3. The Bertz CT molecular complexity index is 675. The molecule has 0 bridgehead atoms. The van der Waals surface area contributed by atoms with Gasteiger partial charge < -0.3 is 15.5 Å². The molecule has 2 aliphatic rings. The van der Waals surface area contributed by atoms with Gasteiger partial charge in [-0.05, 0) is 37.0 Å². The van der Waals surface area contributed by atoms with Gasteiger partial charge in [0.15, 0.2) is 0 Å². The van der Waals surface area contributed by atoms with E-state index in [2.05, 4.69) is 0 Å². The van der Waals surface area contributed by atoms with Crippen LogP contribution in [0.2, 0.25) is 0 Å². The number of rotatable bonds is 4. The highest BCUT2D eigenvalue weighted by Crippen LogP contribution is 2.27. The van der Waals surface area contributed by atoms with E-state index in [1.807, 2.05) is 4.90 Å². The SMILES string of the molecule is NC(=O)c1cccc(C(=O)N2CCN(C(=O)CC3CCCCC3)CC2)c1. The van der Waals surface area contributed by atoms with Gasteiger partial charge in [0.25, 0.3) is 5.91 Å². The smallest absolute Gasteiger partial charge is 0.253 e. The zero-order valence-electron chi connectivity index (χ0n) is 15.2. The van der Waals surface area contributed by atoms with Crippen molar-refractivity contribution in [3.8, 4) is 0 Å². The van der Waals surface area contributed by atoms with E-state index in [1.165, 1.54) is 38.2 Å². The average Bonchev–Trinajstić information content (AvgIpc) is 2.68. The number of primary amides is 1. The first kappa shape index (κ1) is 18.4. The first-order valence-corrected chi connectivity index (χ1v) is 9.51. The minimum absolute atomic E-state index is 0.118. The molecule has 3 amide bonds. The molecule has 2 N–H and O–H groups in total. The van der Waals surface area contributed by atoms with Gasteiger partial charge in [-0.3, -0.25) is 14.4 Å². The van der Waals surface area contributed by atoms with Gasteiger partial charge in [-0.1, -0.05) is 25.3 Å². The van der Waals surface area contributed by atoms with E-state index in [0.29, 0.717) is 49.6 Å². The third-order valence-electron chi connectivity index (χ3n) is 5.50. The molecule has 140 valence electrons. The Morgan fingerprint density at radius 3 is 2.19 bits per heavy atom. The molecule has 6 nitrogen and oxygen atoms in total. The maximum Gasteiger partial charge on any atom is 0.253 e. The van der Waals surface area contributed by atoms with Crippen molar-refractivity contribution in [3.05, 3.63) is 35.4 Å². The third kappa shape index (κ3) is 4.42. The Hall–Kier alpha value is -2.37. The van der Waals surface area contributed by atoms with E-state index in [-0.39, 0.29) is 11.8 Å². The second-order valence-corrected chi connectivity index (χ2v) is 7.33. The lowest BCUT2D eigenvalue weighted by molar-refractivity contribution is -0.133. The summed E-state index contributed by atoms with van der Waals surface area (Å²) in [7, 11) is 0. The topological polar surface area (TPSA) is 83.7 Å². The molecule has 1 saturated carbocycles. The summed E-state index contributed by atoms with van der Waals surface area (Å²) >= 11 is 0. The van der Waals surface area contributed by atoms with Crippen molar-refractivity contribution in [2.45, 2.75) is 38.5 Å².